The van der Waals surface area contributed by atoms with E-state index in [0.29, 0.717) is 17.8 Å². The second-order valence-electron chi connectivity index (χ2n) is 6.20. The number of likely N-dealkylation sites (N-methyl/N-ethyl adjacent to an activating group) is 1. The summed E-state index contributed by atoms with van der Waals surface area (Å²) < 4.78 is 37.6. The van der Waals surface area contributed by atoms with Gasteiger partial charge in [-0.25, -0.2) is 9.97 Å². The molecule has 1 N–H and O–H groups in total. The van der Waals surface area contributed by atoms with E-state index in [1.807, 2.05) is 11.9 Å². The van der Waals surface area contributed by atoms with E-state index in [0.717, 1.165) is 37.3 Å². The maximum absolute atomic E-state index is 12.5. The monoisotopic (exact) mass is 365 g/mol. The van der Waals surface area contributed by atoms with Gasteiger partial charge in [-0.05, 0) is 44.1 Å². The molecule has 26 heavy (non-hydrogen) atoms. The Morgan fingerprint density at radius 2 is 2.04 bits per heavy atom. The third-order valence-electron chi connectivity index (χ3n) is 4.32. The van der Waals surface area contributed by atoms with Crippen molar-refractivity contribution in [2.24, 2.45) is 0 Å². The normalized spacial score (nSPS) is 18.1. The van der Waals surface area contributed by atoms with E-state index in [1.165, 1.54) is 6.20 Å². The minimum Gasteiger partial charge on any atom is -0.351 e. The molecular weight excluding hydrogens is 347 g/mol. The van der Waals surface area contributed by atoms with E-state index in [4.69, 9.17) is 0 Å². The zero-order chi connectivity index (χ0) is 18.7. The number of carbonyl (C=O) groups is 1. The molecule has 3 heterocycles. The van der Waals surface area contributed by atoms with Crippen LogP contribution in [0, 0.1) is 0 Å². The van der Waals surface area contributed by atoms with Crippen LogP contribution in [0.15, 0.2) is 30.7 Å². The summed E-state index contributed by atoms with van der Waals surface area (Å²) in [6, 6.07) is 3.33. The van der Waals surface area contributed by atoms with E-state index in [-0.39, 0.29) is 11.9 Å². The topological polar surface area (TPSA) is 71.0 Å². The zero-order valence-corrected chi connectivity index (χ0v) is 14.1. The molecule has 0 aromatic carbocycles. The van der Waals surface area contributed by atoms with Gasteiger partial charge in [-0.15, -0.1) is 0 Å². The summed E-state index contributed by atoms with van der Waals surface area (Å²) >= 11 is 0. The Morgan fingerprint density at radius 3 is 2.65 bits per heavy atom. The van der Waals surface area contributed by atoms with Crippen molar-refractivity contribution < 1.29 is 18.0 Å². The molecule has 138 valence electrons. The van der Waals surface area contributed by atoms with Crippen LogP contribution in [0.3, 0.4) is 0 Å². The number of nitrogens with zero attached hydrogens (tertiary/aromatic N) is 4. The largest absolute Gasteiger partial charge is 0.451 e. The first kappa shape index (κ1) is 18.2. The minimum absolute atomic E-state index is 0.0266. The van der Waals surface area contributed by atoms with Crippen molar-refractivity contribution >= 4 is 5.91 Å². The van der Waals surface area contributed by atoms with Crippen molar-refractivity contribution in [1.29, 1.82) is 0 Å². The van der Waals surface area contributed by atoms with Crippen LogP contribution >= 0.6 is 0 Å². The molecule has 2 aromatic heterocycles. The highest BCUT2D eigenvalue weighted by molar-refractivity contribution is 5.82. The summed E-state index contributed by atoms with van der Waals surface area (Å²) in [5.74, 6) is -1.22. The van der Waals surface area contributed by atoms with E-state index in [9.17, 15) is 18.0 Å². The van der Waals surface area contributed by atoms with Gasteiger partial charge < -0.3 is 5.32 Å². The molecule has 0 spiro atoms. The highest BCUT2D eigenvalue weighted by Gasteiger charge is 2.34. The molecule has 1 atom stereocenters. The molecular formula is C17H18F3N5O. The third-order valence-corrected chi connectivity index (χ3v) is 4.32. The summed E-state index contributed by atoms with van der Waals surface area (Å²) in [6.45, 7) is 1.23. The Kier molecular flexibility index (Phi) is 5.17. The first-order valence-electron chi connectivity index (χ1n) is 8.17. The van der Waals surface area contributed by atoms with Gasteiger partial charge in [0.1, 0.15) is 0 Å². The summed E-state index contributed by atoms with van der Waals surface area (Å²) in [5, 5.41) is 2.89. The lowest BCUT2D eigenvalue weighted by molar-refractivity contribution is -0.145. The van der Waals surface area contributed by atoms with Gasteiger partial charge in [0.2, 0.25) is 11.7 Å². The first-order chi connectivity index (χ1) is 12.3. The van der Waals surface area contributed by atoms with Crippen LogP contribution < -0.4 is 5.32 Å². The van der Waals surface area contributed by atoms with Gasteiger partial charge in [0, 0.05) is 30.7 Å². The van der Waals surface area contributed by atoms with Crippen molar-refractivity contribution in [1.82, 2.24) is 25.2 Å². The van der Waals surface area contributed by atoms with Gasteiger partial charge >= 0.3 is 6.18 Å². The van der Waals surface area contributed by atoms with Crippen LogP contribution in [-0.2, 0) is 17.5 Å². The fourth-order valence-electron chi connectivity index (χ4n) is 2.90. The van der Waals surface area contributed by atoms with E-state index >= 15 is 0 Å². The molecule has 1 aliphatic rings. The zero-order valence-electron chi connectivity index (χ0n) is 14.1. The van der Waals surface area contributed by atoms with Crippen molar-refractivity contribution in [3.63, 3.8) is 0 Å². The Morgan fingerprint density at radius 1 is 1.31 bits per heavy atom. The number of aromatic nitrogens is 3. The minimum atomic E-state index is -4.58. The maximum Gasteiger partial charge on any atom is 0.451 e. The number of pyridine rings is 1. The molecule has 1 saturated heterocycles. The van der Waals surface area contributed by atoms with Gasteiger partial charge in [-0.3, -0.25) is 14.7 Å². The van der Waals surface area contributed by atoms with Gasteiger partial charge in [0.05, 0.1) is 11.7 Å². The lowest BCUT2D eigenvalue weighted by Gasteiger charge is -2.18. The van der Waals surface area contributed by atoms with Crippen LogP contribution in [0.5, 0.6) is 0 Å². The summed E-state index contributed by atoms with van der Waals surface area (Å²) in [6.07, 6.45) is 0.985. The summed E-state index contributed by atoms with van der Waals surface area (Å²) in [7, 11) is 1.92. The number of halogens is 3. The van der Waals surface area contributed by atoms with Gasteiger partial charge in [0.15, 0.2) is 0 Å². The van der Waals surface area contributed by atoms with Gasteiger partial charge in [-0.1, -0.05) is 0 Å². The Bertz CT molecular complexity index is 779. The number of nitrogens with one attached hydrogen (secondary N) is 1. The molecule has 1 fully saturated rings. The predicted octanol–water partition coefficient (Wildman–Crippen LogP) is 2.27. The van der Waals surface area contributed by atoms with Crippen molar-refractivity contribution in [3.8, 4) is 11.3 Å². The lowest BCUT2D eigenvalue weighted by atomic mass is 10.1. The number of hydrogen-bond donors (Lipinski definition) is 1. The quantitative estimate of drug-likeness (QED) is 0.900. The Hall–Kier alpha value is -2.55. The molecule has 0 radical (unpaired) electrons. The maximum atomic E-state index is 12.5. The molecule has 1 unspecified atom stereocenters. The number of hydrogen-bond acceptors (Lipinski definition) is 5. The van der Waals surface area contributed by atoms with Crippen LogP contribution in [0.2, 0.25) is 0 Å². The second kappa shape index (κ2) is 7.36. The molecule has 0 saturated carbocycles. The molecule has 3 rings (SSSR count). The van der Waals surface area contributed by atoms with Crippen molar-refractivity contribution in [3.05, 3.63) is 42.1 Å². The van der Waals surface area contributed by atoms with Crippen molar-refractivity contribution in [2.45, 2.75) is 31.6 Å². The van der Waals surface area contributed by atoms with Crippen molar-refractivity contribution in [2.75, 3.05) is 13.6 Å². The number of alkyl halides is 3. The smallest absolute Gasteiger partial charge is 0.351 e. The predicted molar refractivity (Wildman–Crippen MR) is 87.8 cm³/mol. The number of likely N-dealkylation sites (tertiary alicyclic amines) is 1. The second-order valence-corrected chi connectivity index (χ2v) is 6.20. The summed E-state index contributed by atoms with van der Waals surface area (Å²) in [5.41, 5.74) is 1.62. The first-order valence-corrected chi connectivity index (χ1v) is 8.17. The Labute approximate surface area is 148 Å². The van der Waals surface area contributed by atoms with Gasteiger partial charge in [-0.2, -0.15) is 13.2 Å². The fourth-order valence-corrected chi connectivity index (χ4v) is 2.90. The molecule has 9 heteroatoms. The summed E-state index contributed by atoms with van der Waals surface area (Å²) in [4.78, 5) is 25.1. The highest BCUT2D eigenvalue weighted by atomic mass is 19.4. The average molecular weight is 365 g/mol. The van der Waals surface area contributed by atoms with E-state index in [1.54, 1.807) is 12.1 Å². The number of amides is 1. The number of rotatable bonds is 4. The van der Waals surface area contributed by atoms with Gasteiger partial charge in [0.25, 0.3) is 0 Å². The molecule has 0 aliphatic carbocycles. The fraction of sp³-hybridized carbons (Fsp3) is 0.412. The van der Waals surface area contributed by atoms with E-state index in [2.05, 4.69) is 20.3 Å². The molecule has 1 aliphatic heterocycles. The van der Waals surface area contributed by atoms with Crippen LogP contribution in [0.1, 0.15) is 24.2 Å². The molecule has 2 aromatic rings. The number of carbonyl (C=O) groups excluding carboxylic acids is 1. The van der Waals surface area contributed by atoms with E-state index < -0.39 is 12.0 Å². The SMILES string of the molecule is CN1CCCC1C(=O)NCc1ccnc(-c2cnc(C(F)(F)F)nc2)c1. The van der Waals surface area contributed by atoms with Crippen LogP contribution in [-0.4, -0.2) is 45.4 Å². The lowest BCUT2D eigenvalue weighted by Crippen LogP contribution is -2.41. The van der Waals surface area contributed by atoms with Crippen LogP contribution in [0.4, 0.5) is 13.2 Å². The molecule has 0 bridgehead atoms. The van der Waals surface area contributed by atoms with Crippen LogP contribution in [0.25, 0.3) is 11.3 Å². The molecule has 6 nitrogen and oxygen atoms in total. The average Bonchev–Trinajstić information content (AvgIpc) is 3.05. The molecule has 1 amide bonds. The highest BCUT2D eigenvalue weighted by Crippen LogP contribution is 2.26. The third kappa shape index (κ3) is 4.16. The Balaban J connectivity index is 1.67. The standard InChI is InChI=1S/C17H18F3N5O/c1-25-6-2-3-14(25)15(26)22-8-11-4-5-21-13(7-11)12-9-23-16(24-10-12)17(18,19)20/h4-5,7,9-10,14H,2-3,6,8H2,1H3,(H,22,26).